The maximum absolute atomic E-state index is 13.4. The Morgan fingerprint density at radius 2 is 1.66 bits per heavy atom. The highest BCUT2D eigenvalue weighted by Crippen LogP contribution is 2.32. The van der Waals surface area contributed by atoms with E-state index in [0.717, 1.165) is 40.7 Å². The lowest BCUT2D eigenvalue weighted by Crippen LogP contribution is -2.45. The number of hydrogen-bond donors (Lipinski definition) is 2. The topological polar surface area (TPSA) is 139 Å². The number of carbonyl (C=O) groups is 2. The third-order valence-corrected chi connectivity index (χ3v) is 9.67. The van der Waals surface area contributed by atoms with Crippen LogP contribution in [-0.4, -0.2) is 60.2 Å². The Morgan fingerprint density at radius 1 is 0.977 bits per heavy atom. The fourth-order valence-corrected chi connectivity index (χ4v) is 7.07. The molecular weight excluding hydrogens is 604 g/mol. The van der Waals surface area contributed by atoms with Crippen molar-refractivity contribution in [3.8, 4) is 11.3 Å². The molecule has 2 aliphatic rings. The van der Waals surface area contributed by atoms with Gasteiger partial charge in [0.1, 0.15) is 11.9 Å². The van der Waals surface area contributed by atoms with Crippen LogP contribution in [0.2, 0.25) is 0 Å². The maximum atomic E-state index is 13.4. The number of nitrogens with one attached hydrogen (secondary N) is 1. The van der Waals surface area contributed by atoms with Gasteiger partial charge in [-0.3, -0.25) is 9.59 Å². The Labute approximate surface area is 251 Å². The van der Waals surface area contributed by atoms with E-state index >= 15 is 0 Å². The Bertz CT molecular complexity index is 1630. The highest BCUT2D eigenvalue weighted by molar-refractivity contribution is 7.89. The molecule has 0 aliphatic carbocycles. The predicted octanol–water partition coefficient (Wildman–Crippen LogP) is 3.47. The van der Waals surface area contributed by atoms with E-state index in [2.05, 4.69) is 15.3 Å². The lowest BCUT2D eigenvalue weighted by atomic mass is 9.98. The van der Waals surface area contributed by atoms with Gasteiger partial charge in [0, 0.05) is 25.2 Å². The molecule has 2 fully saturated rings. The van der Waals surface area contributed by atoms with E-state index in [9.17, 15) is 35.6 Å². The van der Waals surface area contributed by atoms with E-state index in [0.29, 0.717) is 42.8 Å². The second-order valence-electron chi connectivity index (χ2n) is 10.8. The van der Waals surface area contributed by atoms with Crippen molar-refractivity contribution in [1.29, 1.82) is 0 Å². The van der Waals surface area contributed by atoms with Gasteiger partial charge in [0.2, 0.25) is 27.8 Å². The average molecular weight is 635 g/mol. The largest absolute Gasteiger partial charge is 0.416 e. The van der Waals surface area contributed by atoms with Gasteiger partial charge >= 0.3 is 6.18 Å². The van der Waals surface area contributed by atoms with Gasteiger partial charge in [-0.05, 0) is 68.1 Å². The Hall–Kier alpha value is -4.11. The third kappa shape index (κ3) is 6.83. The van der Waals surface area contributed by atoms with E-state index in [-0.39, 0.29) is 36.9 Å². The van der Waals surface area contributed by atoms with Crippen LogP contribution < -0.4 is 16.0 Å². The molecule has 3 heterocycles. The van der Waals surface area contributed by atoms with Gasteiger partial charge in [0.15, 0.2) is 0 Å². The molecule has 3 N–H and O–H groups in total. The number of benzene rings is 2. The molecule has 3 aromatic rings. The zero-order chi connectivity index (χ0) is 31.6. The first-order valence-electron chi connectivity index (χ1n) is 14.0. The number of piperidine rings is 1. The molecule has 0 spiro atoms. The number of amides is 2. The summed E-state index contributed by atoms with van der Waals surface area (Å²) in [5, 5.41) is 2.73. The average Bonchev–Trinajstić information content (AvgIpc) is 3.51. The van der Waals surface area contributed by atoms with Crippen molar-refractivity contribution in [3.63, 3.8) is 0 Å². The summed E-state index contributed by atoms with van der Waals surface area (Å²) < 4.78 is 80.3. The molecule has 2 unspecified atom stereocenters. The molecule has 0 bridgehead atoms. The maximum Gasteiger partial charge on any atom is 0.416 e. The molecule has 15 heteroatoms. The van der Waals surface area contributed by atoms with Crippen LogP contribution in [0.1, 0.15) is 36.9 Å². The molecule has 0 radical (unpaired) electrons. The van der Waals surface area contributed by atoms with Crippen molar-refractivity contribution in [2.75, 3.05) is 24.5 Å². The van der Waals surface area contributed by atoms with Gasteiger partial charge in [-0.25, -0.2) is 22.8 Å². The highest BCUT2D eigenvalue weighted by atomic mass is 32.2. The van der Waals surface area contributed by atoms with Gasteiger partial charge in [0.25, 0.3) is 0 Å². The minimum atomic E-state index is -4.51. The van der Waals surface area contributed by atoms with Crippen LogP contribution in [-0.2, 0) is 32.3 Å². The Morgan fingerprint density at radius 3 is 2.32 bits per heavy atom. The van der Waals surface area contributed by atoms with E-state index in [4.69, 9.17) is 5.73 Å². The first-order chi connectivity index (χ1) is 20.8. The van der Waals surface area contributed by atoms with Crippen molar-refractivity contribution in [2.45, 2.75) is 49.3 Å². The van der Waals surface area contributed by atoms with Crippen molar-refractivity contribution in [3.05, 3.63) is 71.7 Å². The van der Waals surface area contributed by atoms with Gasteiger partial charge < -0.3 is 16.0 Å². The lowest BCUT2D eigenvalue weighted by Gasteiger charge is -2.31. The van der Waals surface area contributed by atoms with Crippen LogP contribution in [0.4, 0.5) is 23.5 Å². The minimum Gasteiger partial charge on any atom is -0.369 e. The molecule has 5 rings (SSSR count). The fourth-order valence-electron chi connectivity index (χ4n) is 5.41. The standard InChI is InChI=1S/C29H30F4N6O4S/c30-21-9-11-23(12-10-21)44(42,43)39-14-2-4-25(39)27(41)35-16-22-15-24(18-5-7-20(8-6-18)29(31,32)33)37-28(36-22)38-13-1-3-19(17-38)26(34)40/h5-12,15,19,25H,1-4,13-14,16-17H2,(H2,34,40)(H,35,41). The molecule has 2 amide bonds. The molecular formula is C29H30F4N6O4S. The van der Waals surface area contributed by atoms with Gasteiger partial charge in [-0.1, -0.05) is 12.1 Å². The van der Waals surface area contributed by atoms with Crippen molar-refractivity contribution in [1.82, 2.24) is 19.6 Å². The SMILES string of the molecule is NC(=O)C1CCCN(c2nc(CNC(=O)C3CCCN3S(=O)(=O)c3ccc(F)cc3)cc(-c3ccc(C(F)(F)F)cc3)n2)C1. The number of rotatable bonds is 8. The van der Waals surface area contributed by atoms with Crippen LogP contribution in [0, 0.1) is 11.7 Å². The normalized spacial score (nSPS) is 19.6. The Kier molecular flexibility index (Phi) is 8.88. The van der Waals surface area contributed by atoms with Crippen LogP contribution in [0.15, 0.2) is 59.5 Å². The fraction of sp³-hybridized carbons (Fsp3) is 0.379. The van der Waals surface area contributed by atoms with Gasteiger partial charge in [-0.15, -0.1) is 0 Å². The molecule has 0 saturated carbocycles. The van der Waals surface area contributed by atoms with Crippen LogP contribution in [0.25, 0.3) is 11.3 Å². The number of hydrogen-bond acceptors (Lipinski definition) is 7. The summed E-state index contributed by atoms with van der Waals surface area (Å²) in [6.45, 7) is 0.764. The summed E-state index contributed by atoms with van der Waals surface area (Å²) in [4.78, 5) is 35.9. The number of alkyl halides is 3. The minimum absolute atomic E-state index is 0.115. The number of aromatic nitrogens is 2. The smallest absolute Gasteiger partial charge is 0.369 e. The molecule has 2 aliphatic heterocycles. The van der Waals surface area contributed by atoms with Gasteiger partial charge in [0.05, 0.1) is 34.3 Å². The molecule has 10 nitrogen and oxygen atoms in total. The summed E-state index contributed by atoms with van der Waals surface area (Å²) in [7, 11) is -4.07. The molecule has 2 saturated heterocycles. The van der Waals surface area contributed by atoms with Crippen LogP contribution in [0.5, 0.6) is 0 Å². The molecule has 2 atom stereocenters. The van der Waals surface area contributed by atoms with E-state index < -0.39 is 51.4 Å². The van der Waals surface area contributed by atoms with E-state index in [1.165, 1.54) is 18.2 Å². The van der Waals surface area contributed by atoms with Crippen molar-refractivity contribution in [2.24, 2.45) is 11.7 Å². The highest BCUT2D eigenvalue weighted by Gasteiger charge is 2.39. The number of sulfonamides is 1. The summed E-state index contributed by atoms with van der Waals surface area (Å²) in [6.07, 6.45) is -2.54. The second-order valence-corrected chi connectivity index (χ2v) is 12.6. The van der Waals surface area contributed by atoms with Crippen molar-refractivity contribution < 1.29 is 35.6 Å². The van der Waals surface area contributed by atoms with E-state index in [1.807, 2.05) is 0 Å². The van der Waals surface area contributed by atoms with Gasteiger partial charge in [-0.2, -0.15) is 17.5 Å². The molecule has 1 aromatic heterocycles. The number of anilines is 1. The predicted molar refractivity (Wildman–Crippen MR) is 152 cm³/mol. The first kappa shape index (κ1) is 31.3. The third-order valence-electron chi connectivity index (χ3n) is 7.75. The molecule has 44 heavy (non-hydrogen) atoms. The number of halogens is 4. The van der Waals surface area contributed by atoms with E-state index in [1.54, 1.807) is 4.90 Å². The second kappa shape index (κ2) is 12.5. The summed E-state index contributed by atoms with van der Waals surface area (Å²) >= 11 is 0. The quantitative estimate of drug-likeness (QED) is 0.362. The monoisotopic (exact) mass is 634 g/mol. The summed E-state index contributed by atoms with van der Waals surface area (Å²) in [5.74, 6) is -1.82. The Balaban J connectivity index is 1.39. The summed E-state index contributed by atoms with van der Waals surface area (Å²) in [5.41, 5.74) is 5.71. The summed E-state index contributed by atoms with van der Waals surface area (Å²) in [6, 6.07) is 9.35. The number of carbonyl (C=O) groups excluding carboxylic acids is 2. The zero-order valence-electron chi connectivity index (χ0n) is 23.4. The van der Waals surface area contributed by atoms with Crippen LogP contribution >= 0.6 is 0 Å². The van der Waals surface area contributed by atoms with Crippen molar-refractivity contribution >= 4 is 27.8 Å². The van der Waals surface area contributed by atoms with Crippen LogP contribution in [0.3, 0.4) is 0 Å². The number of primary amides is 1. The lowest BCUT2D eigenvalue weighted by molar-refractivity contribution is -0.137. The number of nitrogens with zero attached hydrogens (tertiary/aromatic N) is 4. The molecule has 2 aromatic carbocycles. The molecule has 234 valence electrons. The zero-order valence-corrected chi connectivity index (χ0v) is 24.2. The number of nitrogens with two attached hydrogens (primary N) is 1. The first-order valence-corrected chi connectivity index (χ1v) is 15.4.